The fraction of sp³-hybridized carbons (Fsp3) is 0.364. The van der Waals surface area contributed by atoms with E-state index in [-0.39, 0.29) is 37.0 Å². The number of aryl methyl sites for hydroxylation is 2. The highest BCUT2D eigenvalue weighted by Crippen LogP contribution is 2.05. The molecule has 0 unspecified atom stereocenters. The zero-order chi connectivity index (χ0) is 40.9. The molecule has 0 radical (unpaired) electrons. The normalized spacial score (nSPS) is 9.79. The van der Waals surface area contributed by atoms with Gasteiger partial charge in [-0.2, -0.15) is 0 Å². The lowest BCUT2D eigenvalue weighted by molar-refractivity contribution is -0.145. The van der Waals surface area contributed by atoms with Gasteiger partial charge in [-0.3, -0.25) is 19.2 Å². The molecule has 0 saturated carbocycles. The van der Waals surface area contributed by atoms with Crippen molar-refractivity contribution >= 4 is 23.9 Å². The monoisotopic (exact) mass is 772 g/mol. The third-order valence-electron chi connectivity index (χ3n) is 7.42. The van der Waals surface area contributed by atoms with Crippen LogP contribution < -0.4 is 22.9 Å². The van der Waals surface area contributed by atoms with Gasteiger partial charge < -0.3 is 41.9 Å². The van der Waals surface area contributed by atoms with E-state index in [1.54, 1.807) is 0 Å². The third-order valence-corrected chi connectivity index (χ3v) is 7.42. The first-order valence-corrected chi connectivity index (χ1v) is 18.9. The van der Waals surface area contributed by atoms with E-state index in [9.17, 15) is 19.2 Å². The summed E-state index contributed by atoms with van der Waals surface area (Å²) >= 11 is 0. The first-order chi connectivity index (χ1) is 27.3. The Kier molecular flexibility index (Phi) is 29.6. The molecule has 4 aromatic rings. The average molecular weight is 773 g/mol. The summed E-state index contributed by atoms with van der Waals surface area (Å²) in [5.74, 6) is -1.03. The van der Waals surface area contributed by atoms with Gasteiger partial charge in [0.05, 0.1) is 26.3 Å². The molecule has 0 amide bonds. The molecule has 0 atom stereocenters. The topological polar surface area (TPSA) is 209 Å². The van der Waals surface area contributed by atoms with Crippen LogP contribution >= 0.6 is 0 Å². The van der Waals surface area contributed by atoms with Crippen LogP contribution in [0.15, 0.2) is 121 Å². The molecule has 304 valence electrons. The maximum Gasteiger partial charge on any atom is 0.320 e. The van der Waals surface area contributed by atoms with Crippen molar-refractivity contribution in [3.05, 3.63) is 144 Å². The van der Waals surface area contributed by atoms with Crippen LogP contribution in [0.2, 0.25) is 0 Å². The molecule has 0 heterocycles. The molecule has 8 N–H and O–H groups in total. The largest absolute Gasteiger partial charge is 0.466 e. The van der Waals surface area contributed by atoms with Crippen LogP contribution in [-0.2, 0) is 64.2 Å². The molecule has 0 bridgehead atoms. The van der Waals surface area contributed by atoms with Crippen molar-refractivity contribution in [3.8, 4) is 0 Å². The molecule has 4 aromatic carbocycles. The van der Waals surface area contributed by atoms with Gasteiger partial charge in [0.15, 0.2) is 0 Å². The smallest absolute Gasteiger partial charge is 0.320 e. The summed E-state index contributed by atoms with van der Waals surface area (Å²) in [6.07, 6.45) is 5.83. The minimum Gasteiger partial charge on any atom is -0.466 e. The predicted octanol–water partition coefficient (Wildman–Crippen LogP) is 5.18. The Balaban J connectivity index is 0.000000375. The van der Waals surface area contributed by atoms with Gasteiger partial charge in [-0.25, -0.2) is 0 Å². The maximum atomic E-state index is 11.1. The van der Waals surface area contributed by atoms with E-state index in [1.165, 1.54) is 11.1 Å². The lowest BCUT2D eigenvalue weighted by atomic mass is 10.1. The number of carbonyl (C=O) groups excluding carboxylic acids is 4. The second-order valence-corrected chi connectivity index (χ2v) is 12.1. The number of hydrogen-bond donors (Lipinski definition) is 4. The first-order valence-electron chi connectivity index (χ1n) is 18.9. The number of benzene rings is 4. The van der Waals surface area contributed by atoms with Crippen LogP contribution in [-0.4, -0.2) is 63.3 Å². The van der Waals surface area contributed by atoms with Crippen molar-refractivity contribution in [1.82, 2.24) is 0 Å². The molecule has 0 aliphatic heterocycles. The lowest BCUT2D eigenvalue weighted by Crippen LogP contribution is -2.17. The molecular formula is C44H60N4O8. The molecule has 12 nitrogen and oxygen atoms in total. The molecular weight excluding hydrogens is 713 g/mol. The number of rotatable bonds is 20. The third kappa shape index (κ3) is 28.1. The van der Waals surface area contributed by atoms with Crippen molar-refractivity contribution in [2.75, 3.05) is 39.4 Å². The molecule has 0 spiro atoms. The van der Waals surface area contributed by atoms with E-state index in [2.05, 4.69) is 24.3 Å². The fourth-order valence-corrected chi connectivity index (χ4v) is 4.45. The predicted molar refractivity (Wildman–Crippen MR) is 219 cm³/mol. The van der Waals surface area contributed by atoms with Crippen molar-refractivity contribution in [1.29, 1.82) is 0 Å². The molecule has 4 rings (SSSR count). The van der Waals surface area contributed by atoms with Crippen LogP contribution in [0, 0.1) is 0 Å². The number of ether oxygens (including phenoxy) is 4. The molecule has 0 aliphatic rings. The van der Waals surface area contributed by atoms with Crippen molar-refractivity contribution in [2.24, 2.45) is 22.9 Å². The summed E-state index contributed by atoms with van der Waals surface area (Å²) in [5, 5.41) is 0. The molecule has 0 aromatic heterocycles. The van der Waals surface area contributed by atoms with E-state index in [1.807, 2.05) is 97.1 Å². The van der Waals surface area contributed by atoms with E-state index < -0.39 is 0 Å². The van der Waals surface area contributed by atoms with E-state index in [0.717, 1.165) is 36.8 Å². The highest BCUT2D eigenvalue weighted by atomic mass is 16.5. The Hall–Kier alpha value is -5.40. The summed E-state index contributed by atoms with van der Waals surface area (Å²) < 4.78 is 19.8. The van der Waals surface area contributed by atoms with Crippen molar-refractivity contribution in [2.45, 2.75) is 64.6 Å². The van der Waals surface area contributed by atoms with Gasteiger partial charge in [0.25, 0.3) is 0 Å². The zero-order valence-electron chi connectivity index (χ0n) is 32.4. The van der Waals surface area contributed by atoms with Gasteiger partial charge in [-0.1, -0.05) is 121 Å². The van der Waals surface area contributed by atoms with Crippen LogP contribution in [0.1, 0.15) is 60.8 Å². The summed E-state index contributed by atoms with van der Waals surface area (Å²) in [4.78, 5) is 43.5. The van der Waals surface area contributed by atoms with Gasteiger partial charge in [0.2, 0.25) is 0 Å². The van der Waals surface area contributed by atoms with Crippen molar-refractivity contribution < 1.29 is 38.1 Å². The van der Waals surface area contributed by atoms with E-state index in [0.29, 0.717) is 65.2 Å². The summed E-state index contributed by atoms with van der Waals surface area (Å²) in [7, 11) is 0. The average Bonchev–Trinajstić information content (AvgIpc) is 3.25. The van der Waals surface area contributed by atoms with Crippen LogP contribution in [0.4, 0.5) is 0 Å². The molecule has 0 fully saturated rings. The second kappa shape index (κ2) is 34.1. The summed E-state index contributed by atoms with van der Waals surface area (Å²) in [5.41, 5.74) is 25.2. The lowest BCUT2D eigenvalue weighted by Gasteiger charge is -2.04. The quantitative estimate of drug-likeness (QED) is 0.0521. The van der Waals surface area contributed by atoms with Crippen molar-refractivity contribution in [3.63, 3.8) is 0 Å². The van der Waals surface area contributed by atoms with Crippen LogP contribution in [0.25, 0.3) is 0 Å². The molecule has 0 saturated heterocycles. The summed E-state index contributed by atoms with van der Waals surface area (Å²) in [6.45, 7) is 2.57. The number of carbonyl (C=O) groups is 4. The Morgan fingerprint density at radius 1 is 0.375 bits per heavy atom. The maximum absolute atomic E-state index is 11.1. The van der Waals surface area contributed by atoms with E-state index >= 15 is 0 Å². The van der Waals surface area contributed by atoms with Gasteiger partial charge in [0, 0.05) is 12.8 Å². The highest BCUT2D eigenvalue weighted by Gasteiger charge is 2.03. The Bertz CT molecular complexity index is 1560. The minimum absolute atomic E-state index is 0.0364. The van der Waals surface area contributed by atoms with E-state index in [4.69, 9.17) is 41.9 Å². The van der Waals surface area contributed by atoms with Gasteiger partial charge in [-0.15, -0.1) is 0 Å². The number of nitrogens with two attached hydrogens (primary N) is 4. The van der Waals surface area contributed by atoms with Crippen LogP contribution in [0.3, 0.4) is 0 Å². The van der Waals surface area contributed by atoms with Gasteiger partial charge in [0.1, 0.15) is 13.2 Å². The SMILES string of the molecule is NCC(=O)OCCCc1ccccc1.NCC(=O)OCc1ccccc1.NCCCC(=O)OCCCc1ccccc1.NCCCC(=O)OCc1ccccc1. The fourth-order valence-electron chi connectivity index (χ4n) is 4.45. The van der Waals surface area contributed by atoms with Gasteiger partial charge >= 0.3 is 23.9 Å². The first kappa shape index (κ1) is 48.6. The highest BCUT2D eigenvalue weighted by molar-refractivity contribution is 5.71. The number of hydrogen-bond acceptors (Lipinski definition) is 12. The standard InChI is InChI=1S/C13H19NO2.2C11H15NO2.C9H11NO2/c14-10-4-9-13(15)16-11-5-8-12-6-2-1-3-7-12;12-8-4-7-11(13)14-9-10-5-2-1-3-6-10;12-9-11(13)14-8-4-7-10-5-2-1-3-6-10;10-6-9(11)12-7-8-4-2-1-3-5-8/h1-3,6-7H,4-5,8-11,14H2;2*1-3,5-6H,4,7-9,12H2;1-5H,6-7,10H2. The Labute approximate surface area is 331 Å². The number of esters is 4. The molecule has 0 aliphatic carbocycles. The second-order valence-electron chi connectivity index (χ2n) is 12.1. The summed E-state index contributed by atoms with van der Waals surface area (Å²) in [6, 6.07) is 39.4. The zero-order valence-corrected chi connectivity index (χ0v) is 32.4. The molecule has 56 heavy (non-hydrogen) atoms. The van der Waals surface area contributed by atoms with Crippen LogP contribution in [0.5, 0.6) is 0 Å². The molecule has 12 heteroatoms. The minimum atomic E-state index is -0.376. The Morgan fingerprint density at radius 3 is 1.04 bits per heavy atom. The van der Waals surface area contributed by atoms with Gasteiger partial charge in [-0.05, 0) is 73.9 Å². The Morgan fingerprint density at radius 2 is 0.679 bits per heavy atom.